The molecule has 3 aliphatic rings. The molecule has 0 atom stereocenters. The van der Waals surface area contributed by atoms with Crippen LogP contribution in [0.1, 0.15) is 11.5 Å². The standard InChI is InChI=1S/C16H9N5O2/c1-3-13(22-5-1)11-7-10-8-12(14-4-2-6-23-14)20-16-18-9-17-15(19-11)21(10)16/h1-9H. The summed E-state index contributed by atoms with van der Waals surface area (Å²) in [5.41, 5.74) is 2.26. The maximum absolute atomic E-state index is 5.44. The van der Waals surface area contributed by atoms with Gasteiger partial charge in [-0.05, 0) is 36.4 Å². The lowest BCUT2D eigenvalue weighted by atomic mass is 10.1. The van der Waals surface area contributed by atoms with Crippen LogP contribution in [-0.4, -0.2) is 28.9 Å². The highest BCUT2D eigenvalue weighted by atomic mass is 16.3. The summed E-state index contributed by atoms with van der Waals surface area (Å²) in [5.74, 6) is 2.38. The largest absolute Gasteiger partial charge is 0.463 e. The molecule has 2 aromatic heterocycles. The van der Waals surface area contributed by atoms with Gasteiger partial charge in [-0.25, -0.2) is 24.9 Å². The van der Waals surface area contributed by atoms with Crippen molar-refractivity contribution in [3.8, 4) is 0 Å². The minimum absolute atomic E-state index is 0.511. The third-order valence-electron chi connectivity index (χ3n) is 3.56. The lowest BCUT2D eigenvalue weighted by molar-refractivity contribution is 0.550. The number of guanidine groups is 2. The molecule has 7 heteroatoms. The maximum Gasteiger partial charge on any atom is 0.239 e. The molecule has 23 heavy (non-hydrogen) atoms. The third-order valence-corrected chi connectivity index (χ3v) is 3.56. The van der Waals surface area contributed by atoms with Crippen LogP contribution in [-0.2, 0) is 0 Å². The van der Waals surface area contributed by atoms with Crippen molar-refractivity contribution in [3.05, 3.63) is 66.2 Å². The van der Waals surface area contributed by atoms with Crippen LogP contribution in [0.5, 0.6) is 0 Å². The zero-order valence-electron chi connectivity index (χ0n) is 11.7. The Morgan fingerprint density at radius 3 is 2.48 bits per heavy atom. The summed E-state index contributed by atoms with van der Waals surface area (Å²) >= 11 is 0. The molecule has 7 nitrogen and oxygen atoms in total. The molecular weight excluding hydrogens is 294 g/mol. The fourth-order valence-corrected chi connectivity index (χ4v) is 2.56. The van der Waals surface area contributed by atoms with Crippen LogP contribution in [0.25, 0.3) is 5.70 Å². The summed E-state index contributed by atoms with van der Waals surface area (Å²) in [4.78, 5) is 19.3. The third kappa shape index (κ3) is 1.83. The van der Waals surface area contributed by atoms with Crippen LogP contribution >= 0.6 is 0 Å². The molecule has 0 saturated carbocycles. The average Bonchev–Trinajstić information content (AvgIpc) is 3.28. The van der Waals surface area contributed by atoms with E-state index in [0.29, 0.717) is 34.8 Å². The van der Waals surface area contributed by atoms with Crippen LogP contribution in [0.15, 0.2) is 83.4 Å². The number of rotatable bonds is 2. The number of aliphatic imine (C=N–C) groups is 4. The van der Waals surface area contributed by atoms with E-state index >= 15 is 0 Å². The molecule has 110 valence electrons. The quantitative estimate of drug-likeness (QED) is 0.855. The summed E-state index contributed by atoms with van der Waals surface area (Å²) in [6.07, 6.45) is 8.50. The van der Waals surface area contributed by atoms with E-state index in [2.05, 4.69) is 20.0 Å². The SMILES string of the molecule is C1=NC2=NC(c3ccco3)=CC3=CC(c4ccco4)=NC(=N1)N32. The number of allylic oxidation sites excluding steroid dienone is 2. The van der Waals surface area contributed by atoms with Gasteiger partial charge in [-0.3, -0.25) is 0 Å². The maximum atomic E-state index is 5.44. The summed E-state index contributed by atoms with van der Waals surface area (Å²) in [6, 6.07) is 7.37. The van der Waals surface area contributed by atoms with E-state index in [9.17, 15) is 0 Å². The van der Waals surface area contributed by atoms with Gasteiger partial charge in [0.1, 0.15) is 17.7 Å². The van der Waals surface area contributed by atoms with E-state index in [1.807, 2.05) is 36.4 Å². The molecule has 3 aliphatic heterocycles. The van der Waals surface area contributed by atoms with Crippen molar-refractivity contribution < 1.29 is 8.83 Å². The van der Waals surface area contributed by atoms with Gasteiger partial charge < -0.3 is 8.83 Å². The predicted molar refractivity (Wildman–Crippen MR) is 85.2 cm³/mol. The van der Waals surface area contributed by atoms with E-state index in [4.69, 9.17) is 8.83 Å². The minimum Gasteiger partial charge on any atom is -0.463 e. The van der Waals surface area contributed by atoms with Crippen LogP contribution < -0.4 is 0 Å². The Balaban J connectivity index is 1.68. The Hall–Kier alpha value is -3.48. The van der Waals surface area contributed by atoms with E-state index in [-0.39, 0.29) is 0 Å². The summed E-state index contributed by atoms with van der Waals surface area (Å²) in [7, 11) is 0. The zero-order chi connectivity index (χ0) is 15.2. The lowest BCUT2D eigenvalue weighted by Gasteiger charge is -2.30. The Morgan fingerprint density at radius 2 is 1.70 bits per heavy atom. The van der Waals surface area contributed by atoms with Crippen LogP contribution in [0.3, 0.4) is 0 Å². The average molecular weight is 303 g/mol. The second-order valence-corrected chi connectivity index (χ2v) is 4.97. The van der Waals surface area contributed by atoms with Gasteiger partial charge in [-0.15, -0.1) is 0 Å². The van der Waals surface area contributed by atoms with Crippen molar-refractivity contribution >= 4 is 29.7 Å². The van der Waals surface area contributed by atoms with Crippen molar-refractivity contribution in [1.82, 2.24) is 4.90 Å². The van der Waals surface area contributed by atoms with E-state index < -0.39 is 0 Å². The monoisotopic (exact) mass is 303 g/mol. The van der Waals surface area contributed by atoms with Gasteiger partial charge in [0.15, 0.2) is 11.5 Å². The molecule has 0 saturated heterocycles. The second-order valence-electron chi connectivity index (χ2n) is 4.97. The topological polar surface area (TPSA) is 79.0 Å². The molecule has 5 heterocycles. The van der Waals surface area contributed by atoms with Crippen molar-refractivity contribution in [3.63, 3.8) is 0 Å². The molecule has 0 aliphatic carbocycles. The molecule has 5 rings (SSSR count). The first-order valence-corrected chi connectivity index (χ1v) is 6.97. The summed E-state index contributed by atoms with van der Waals surface area (Å²) < 4.78 is 10.9. The first kappa shape index (κ1) is 12.1. The van der Waals surface area contributed by atoms with Gasteiger partial charge in [0.25, 0.3) is 0 Å². The number of nitrogens with zero attached hydrogens (tertiary/aromatic N) is 5. The molecule has 0 aromatic carbocycles. The summed E-state index contributed by atoms with van der Waals surface area (Å²) in [6.45, 7) is 0. The summed E-state index contributed by atoms with van der Waals surface area (Å²) in [5, 5.41) is 0. The molecule has 0 unspecified atom stereocenters. The van der Waals surface area contributed by atoms with Crippen LogP contribution in [0.2, 0.25) is 0 Å². The fourth-order valence-electron chi connectivity index (χ4n) is 2.56. The Bertz CT molecular complexity index is 922. The van der Waals surface area contributed by atoms with Crippen LogP contribution in [0.4, 0.5) is 0 Å². The smallest absolute Gasteiger partial charge is 0.239 e. The Kier molecular flexibility index (Phi) is 2.37. The number of furan rings is 2. The molecule has 0 amide bonds. The second kappa shape index (κ2) is 4.51. The van der Waals surface area contributed by atoms with E-state index in [1.54, 1.807) is 17.4 Å². The van der Waals surface area contributed by atoms with Gasteiger partial charge in [-0.2, -0.15) is 0 Å². The van der Waals surface area contributed by atoms with Crippen molar-refractivity contribution in [2.75, 3.05) is 0 Å². The lowest BCUT2D eigenvalue weighted by Crippen LogP contribution is -2.40. The van der Waals surface area contributed by atoms with Crippen molar-refractivity contribution in [1.29, 1.82) is 0 Å². The molecular formula is C16H9N5O2. The highest BCUT2D eigenvalue weighted by Crippen LogP contribution is 2.30. The molecule has 2 aromatic rings. The van der Waals surface area contributed by atoms with Gasteiger partial charge in [0, 0.05) is 0 Å². The van der Waals surface area contributed by atoms with Gasteiger partial charge in [-0.1, -0.05) is 0 Å². The predicted octanol–water partition coefficient (Wildman–Crippen LogP) is 2.67. The van der Waals surface area contributed by atoms with Gasteiger partial charge in [0.05, 0.1) is 18.2 Å². The van der Waals surface area contributed by atoms with E-state index in [0.717, 1.165) is 5.70 Å². The van der Waals surface area contributed by atoms with E-state index in [1.165, 1.54) is 6.34 Å². The van der Waals surface area contributed by atoms with Crippen molar-refractivity contribution in [2.45, 2.75) is 0 Å². The molecule has 0 N–H and O–H groups in total. The number of hydrogen-bond donors (Lipinski definition) is 0. The molecule has 0 bridgehead atoms. The van der Waals surface area contributed by atoms with Gasteiger partial charge in [0.2, 0.25) is 11.9 Å². The zero-order valence-corrected chi connectivity index (χ0v) is 11.7. The molecule has 0 spiro atoms. The first-order valence-electron chi connectivity index (χ1n) is 6.97. The Labute approximate surface area is 130 Å². The highest BCUT2D eigenvalue weighted by molar-refractivity contribution is 6.21. The first-order chi connectivity index (χ1) is 11.4. The highest BCUT2D eigenvalue weighted by Gasteiger charge is 2.31. The normalized spacial score (nSPS) is 18.6. The number of hydrogen-bond acceptors (Lipinski definition) is 7. The van der Waals surface area contributed by atoms with Crippen LogP contribution in [0, 0.1) is 0 Å². The van der Waals surface area contributed by atoms with Gasteiger partial charge >= 0.3 is 0 Å². The fraction of sp³-hybridized carbons (Fsp3) is 0. The molecule has 0 fully saturated rings. The molecule has 0 radical (unpaired) electrons. The Morgan fingerprint density at radius 1 is 0.870 bits per heavy atom. The van der Waals surface area contributed by atoms with Crippen molar-refractivity contribution in [2.24, 2.45) is 20.0 Å². The minimum atomic E-state index is 0.511.